The Morgan fingerprint density at radius 3 is 2.37 bits per heavy atom. The molecule has 0 saturated carbocycles. The molecule has 0 bridgehead atoms. The van der Waals surface area contributed by atoms with Gasteiger partial charge in [0.1, 0.15) is 6.54 Å². The summed E-state index contributed by atoms with van der Waals surface area (Å²) in [5.41, 5.74) is 3.15. The van der Waals surface area contributed by atoms with Crippen LogP contribution in [0.1, 0.15) is 41.3 Å². The van der Waals surface area contributed by atoms with Gasteiger partial charge in [-0.05, 0) is 36.1 Å². The fourth-order valence-corrected chi connectivity index (χ4v) is 2.56. The number of para-hydroxylation sites is 1. The monoisotopic (exact) mass is 368 g/mol. The Balaban J connectivity index is 1.82. The Morgan fingerprint density at radius 2 is 1.70 bits per heavy atom. The molecule has 0 aliphatic heterocycles. The zero-order valence-corrected chi connectivity index (χ0v) is 15.7. The Bertz CT molecular complexity index is 816. The number of benzene rings is 2. The molecule has 0 heterocycles. The maximum absolute atomic E-state index is 12.1. The first kappa shape index (κ1) is 20.2. The van der Waals surface area contributed by atoms with Gasteiger partial charge in [0.15, 0.2) is 6.61 Å². The number of nitrogens with one attached hydrogen (secondary N) is 2. The SMILES string of the molecule is Cc1cccc(C(C)C)c1NC(=O)COC(=O)CNC(=O)c1ccccc1. The molecular weight excluding hydrogens is 344 g/mol. The van der Waals surface area contributed by atoms with Crippen LogP contribution in [-0.2, 0) is 14.3 Å². The highest BCUT2D eigenvalue weighted by atomic mass is 16.5. The molecule has 0 unspecified atom stereocenters. The molecule has 2 aromatic rings. The number of ether oxygens (including phenoxy) is 1. The summed E-state index contributed by atoms with van der Waals surface area (Å²) in [7, 11) is 0. The third kappa shape index (κ3) is 5.95. The molecule has 0 radical (unpaired) electrons. The molecule has 0 aliphatic carbocycles. The Hall–Kier alpha value is -3.15. The van der Waals surface area contributed by atoms with Crippen LogP contribution in [0.15, 0.2) is 48.5 Å². The number of carbonyl (C=O) groups is 3. The third-order valence-corrected chi connectivity index (χ3v) is 3.98. The predicted molar refractivity (Wildman–Crippen MR) is 104 cm³/mol. The van der Waals surface area contributed by atoms with E-state index in [2.05, 4.69) is 10.6 Å². The van der Waals surface area contributed by atoms with E-state index in [0.29, 0.717) is 5.56 Å². The van der Waals surface area contributed by atoms with Gasteiger partial charge in [0.2, 0.25) is 0 Å². The lowest BCUT2D eigenvalue weighted by molar-refractivity contribution is -0.146. The molecule has 0 fully saturated rings. The molecule has 0 saturated heterocycles. The molecule has 6 nitrogen and oxygen atoms in total. The molecule has 2 aromatic carbocycles. The highest BCUT2D eigenvalue weighted by Gasteiger charge is 2.14. The number of esters is 1. The van der Waals surface area contributed by atoms with Gasteiger partial charge in [-0.1, -0.05) is 50.2 Å². The van der Waals surface area contributed by atoms with E-state index >= 15 is 0 Å². The molecular formula is C21H24N2O4. The van der Waals surface area contributed by atoms with Gasteiger partial charge in [-0.25, -0.2) is 0 Å². The molecule has 2 N–H and O–H groups in total. The molecule has 0 aliphatic rings. The van der Waals surface area contributed by atoms with Crippen molar-refractivity contribution in [2.45, 2.75) is 26.7 Å². The number of aryl methyl sites for hydroxylation is 1. The molecule has 27 heavy (non-hydrogen) atoms. The topological polar surface area (TPSA) is 84.5 Å². The molecule has 2 rings (SSSR count). The van der Waals surface area contributed by atoms with Crippen LogP contribution in [0.2, 0.25) is 0 Å². The Labute approximate surface area is 158 Å². The van der Waals surface area contributed by atoms with Crippen molar-refractivity contribution in [1.82, 2.24) is 5.32 Å². The van der Waals surface area contributed by atoms with Crippen LogP contribution in [0.3, 0.4) is 0 Å². The molecule has 0 spiro atoms. The lowest BCUT2D eigenvalue weighted by Crippen LogP contribution is -2.32. The van der Waals surface area contributed by atoms with Crippen LogP contribution in [0.25, 0.3) is 0 Å². The predicted octanol–water partition coefficient (Wildman–Crippen LogP) is 3.03. The van der Waals surface area contributed by atoms with E-state index in [9.17, 15) is 14.4 Å². The van der Waals surface area contributed by atoms with Crippen LogP contribution in [0, 0.1) is 6.92 Å². The summed E-state index contributed by atoms with van der Waals surface area (Å²) in [6.45, 7) is 5.28. The van der Waals surface area contributed by atoms with Crippen molar-refractivity contribution in [3.8, 4) is 0 Å². The number of anilines is 1. The van der Waals surface area contributed by atoms with Crippen LogP contribution in [0.4, 0.5) is 5.69 Å². The number of hydrogen-bond donors (Lipinski definition) is 2. The largest absolute Gasteiger partial charge is 0.454 e. The van der Waals surface area contributed by atoms with Crippen molar-refractivity contribution in [2.24, 2.45) is 0 Å². The van der Waals surface area contributed by atoms with Crippen LogP contribution < -0.4 is 10.6 Å². The number of hydrogen-bond acceptors (Lipinski definition) is 4. The summed E-state index contributed by atoms with van der Waals surface area (Å²) in [6.07, 6.45) is 0. The van der Waals surface area contributed by atoms with Crippen molar-refractivity contribution >= 4 is 23.5 Å². The van der Waals surface area contributed by atoms with Gasteiger partial charge in [0.25, 0.3) is 11.8 Å². The third-order valence-electron chi connectivity index (χ3n) is 3.98. The standard InChI is InChI=1S/C21H24N2O4/c1-14(2)17-11-7-8-15(3)20(17)23-18(24)13-27-19(25)12-22-21(26)16-9-5-4-6-10-16/h4-11,14H,12-13H2,1-3H3,(H,22,26)(H,23,24). The summed E-state index contributed by atoms with van der Waals surface area (Å²) in [5, 5.41) is 5.26. The second kappa shape index (κ2) is 9.52. The lowest BCUT2D eigenvalue weighted by Gasteiger charge is -2.16. The van der Waals surface area contributed by atoms with Crippen molar-refractivity contribution < 1.29 is 19.1 Å². The van der Waals surface area contributed by atoms with Crippen molar-refractivity contribution in [1.29, 1.82) is 0 Å². The summed E-state index contributed by atoms with van der Waals surface area (Å²) in [5.74, 6) is -1.23. The number of amides is 2. The fraction of sp³-hybridized carbons (Fsp3) is 0.286. The quantitative estimate of drug-likeness (QED) is 0.736. The molecule has 6 heteroatoms. The number of rotatable bonds is 7. The molecule has 0 aromatic heterocycles. The van der Waals surface area contributed by atoms with Gasteiger partial charge in [-0.2, -0.15) is 0 Å². The van der Waals surface area contributed by atoms with Crippen molar-refractivity contribution in [3.63, 3.8) is 0 Å². The van der Waals surface area contributed by atoms with Gasteiger partial charge in [0.05, 0.1) is 0 Å². The van der Waals surface area contributed by atoms with Gasteiger partial charge in [-0.15, -0.1) is 0 Å². The van der Waals surface area contributed by atoms with E-state index in [-0.39, 0.29) is 18.4 Å². The second-order valence-corrected chi connectivity index (χ2v) is 6.45. The molecule has 0 atom stereocenters. The van der Waals surface area contributed by atoms with E-state index in [4.69, 9.17) is 4.74 Å². The van der Waals surface area contributed by atoms with Gasteiger partial charge in [0, 0.05) is 11.3 Å². The van der Waals surface area contributed by atoms with Crippen LogP contribution in [0.5, 0.6) is 0 Å². The minimum Gasteiger partial charge on any atom is -0.454 e. The Morgan fingerprint density at radius 1 is 1.00 bits per heavy atom. The van der Waals surface area contributed by atoms with Crippen LogP contribution >= 0.6 is 0 Å². The zero-order chi connectivity index (χ0) is 19.8. The average Bonchev–Trinajstić information content (AvgIpc) is 2.66. The first-order chi connectivity index (χ1) is 12.9. The van der Waals surface area contributed by atoms with Gasteiger partial charge >= 0.3 is 5.97 Å². The minimum atomic E-state index is -0.678. The number of carbonyl (C=O) groups excluding carboxylic acids is 3. The first-order valence-electron chi connectivity index (χ1n) is 8.76. The highest BCUT2D eigenvalue weighted by Crippen LogP contribution is 2.27. The van der Waals surface area contributed by atoms with E-state index in [1.54, 1.807) is 30.3 Å². The van der Waals surface area contributed by atoms with Crippen molar-refractivity contribution in [3.05, 3.63) is 65.2 Å². The second-order valence-electron chi connectivity index (χ2n) is 6.45. The summed E-state index contributed by atoms with van der Waals surface area (Å²) in [4.78, 5) is 35.8. The molecule has 2 amide bonds. The van der Waals surface area contributed by atoms with Gasteiger partial charge in [-0.3, -0.25) is 14.4 Å². The summed E-state index contributed by atoms with van der Waals surface area (Å²) < 4.78 is 4.94. The fourth-order valence-electron chi connectivity index (χ4n) is 2.56. The van der Waals surface area contributed by atoms with Crippen molar-refractivity contribution in [2.75, 3.05) is 18.5 Å². The summed E-state index contributed by atoms with van der Waals surface area (Å²) >= 11 is 0. The first-order valence-corrected chi connectivity index (χ1v) is 8.76. The smallest absolute Gasteiger partial charge is 0.325 e. The highest BCUT2D eigenvalue weighted by molar-refractivity contribution is 5.97. The van der Waals surface area contributed by atoms with E-state index < -0.39 is 18.5 Å². The molecule has 142 valence electrons. The Kier molecular flexibility index (Phi) is 7.11. The maximum Gasteiger partial charge on any atom is 0.325 e. The normalized spacial score (nSPS) is 10.4. The van der Waals surface area contributed by atoms with E-state index in [1.807, 2.05) is 39.0 Å². The zero-order valence-electron chi connectivity index (χ0n) is 15.7. The van der Waals surface area contributed by atoms with E-state index in [1.165, 1.54) is 0 Å². The van der Waals surface area contributed by atoms with Gasteiger partial charge < -0.3 is 15.4 Å². The average molecular weight is 368 g/mol. The van der Waals surface area contributed by atoms with Crippen LogP contribution in [-0.4, -0.2) is 30.9 Å². The maximum atomic E-state index is 12.1. The minimum absolute atomic E-state index is 0.246. The lowest BCUT2D eigenvalue weighted by atomic mass is 9.98. The van der Waals surface area contributed by atoms with E-state index in [0.717, 1.165) is 16.8 Å². The summed E-state index contributed by atoms with van der Waals surface area (Å²) in [6, 6.07) is 14.3.